The molecule has 1 amide bonds. The van der Waals surface area contributed by atoms with E-state index in [4.69, 9.17) is 5.41 Å². The number of carbonyl (C=O) groups is 1. The highest BCUT2D eigenvalue weighted by Gasteiger charge is 2.48. The summed E-state index contributed by atoms with van der Waals surface area (Å²) in [4.78, 5) is 24.8. The van der Waals surface area contributed by atoms with Crippen molar-refractivity contribution in [3.63, 3.8) is 0 Å². The molecule has 50 heavy (non-hydrogen) atoms. The Labute approximate surface area is 279 Å². The van der Waals surface area contributed by atoms with E-state index in [0.717, 1.165) is 12.1 Å². The van der Waals surface area contributed by atoms with E-state index in [1.54, 1.807) is 0 Å². The van der Waals surface area contributed by atoms with Crippen LogP contribution in [0.15, 0.2) is 60.1 Å². The fourth-order valence-electron chi connectivity index (χ4n) is 5.42. The Balaban J connectivity index is 1.59. The summed E-state index contributed by atoms with van der Waals surface area (Å²) >= 11 is 0. The molecule has 3 heterocycles. The van der Waals surface area contributed by atoms with Crippen LogP contribution in [-0.2, 0) is 11.2 Å². The van der Waals surface area contributed by atoms with Crippen LogP contribution >= 0.6 is 0 Å². The summed E-state index contributed by atoms with van der Waals surface area (Å²) < 4.78 is 113. The number of nitrogens with one attached hydrogen (secondary N) is 4. The Morgan fingerprint density at radius 3 is 2.46 bits per heavy atom. The maximum atomic E-state index is 15.9. The first-order chi connectivity index (χ1) is 23.3. The summed E-state index contributed by atoms with van der Waals surface area (Å²) in [5.74, 6) is -2.31. The fraction of sp³-hybridized carbons (Fsp3) is 0.294. The number of aromatic amines is 1. The lowest BCUT2D eigenvalue weighted by Gasteiger charge is -2.23. The molecule has 262 valence electrons. The van der Waals surface area contributed by atoms with Gasteiger partial charge in [-0.2, -0.15) is 22.0 Å². The van der Waals surface area contributed by atoms with Crippen molar-refractivity contribution >= 4 is 22.7 Å². The predicted octanol–water partition coefficient (Wildman–Crippen LogP) is 6.42. The number of nitrogens with zero attached hydrogens (tertiary/aromatic N) is 2. The number of allylic oxidation sites excluding steroid dienone is 2. The molecule has 1 aliphatic carbocycles. The molecule has 0 saturated carbocycles. The molecule has 1 aromatic carbocycles. The molecular weight excluding hydrogens is 676 g/mol. The van der Waals surface area contributed by atoms with E-state index in [2.05, 4.69) is 32.1 Å². The van der Waals surface area contributed by atoms with Gasteiger partial charge in [-0.3, -0.25) is 10.2 Å². The van der Waals surface area contributed by atoms with Gasteiger partial charge >= 0.3 is 6.18 Å². The summed E-state index contributed by atoms with van der Waals surface area (Å²) in [6.45, 7) is 1.80. The van der Waals surface area contributed by atoms with Gasteiger partial charge in [0.05, 0.1) is 29.4 Å². The minimum Gasteiger partial charge on any atom is -0.378 e. The third-order valence-electron chi connectivity index (χ3n) is 7.63. The number of aromatic nitrogens is 3. The highest BCUT2D eigenvalue weighted by Crippen LogP contribution is 2.41. The van der Waals surface area contributed by atoms with Gasteiger partial charge < -0.3 is 20.7 Å². The normalized spacial score (nSPS) is 15.1. The SMILES string of the molecule is CC(C)(O)C#Cc1ccc(-c2cnc3[nH]ccc3c2F)c(C(Cc2cc(F)cc(F)c2)NC(=O)CNC2=C(C(=N)C(F)(F)F)CCC2(F)F)n1. The van der Waals surface area contributed by atoms with E-state index in [9.17, 15) is 40.6 Å². The number of amides is 1. The zero-order valence-corrected chi connectivity index (χ0v) is 26.3. The third kappa shape index (κ3) is 8.11. The molecule has 0 aliphatic heterocycles. The average Bonchev–Trinajstić information content (AvgIpc) is 3.61. The molecule has 16 heteroatoms. The Morgan fingerprint density at radius 2 is 1.80 bits per heavy atom. The maximum absolute atomic E-state index is 15.9. The standard InChI is InChI=1S/C34H28F8N6O2/c1-32(2,50)8-5-20-3-4-21(24-15-46-31-22(27(24)37)7-10-44-31)28(47-20)25(13-17-11-18(35)14-19(36)12-17)48-26(49)16-45-30-23(6-9-33(30,38)39)29(43)34(40,41)42/h3-4,7,10-12,14-15,25,43,45,50H,6,9,13,16H2,1-2H3,(H,44,46)(H,48,49). The van der Waals surface area contributed by atoms with Crippen LogP contribution in [-0.4, -0.2) is 55.9 Å². The second kappa shape index (κ2) is 13.5. The predicted molar refractivity (Wildman–Crippen MR) is 166 cm³/mol. The topological polar surface area (TPSA) is 127 Å². The highest BCUT2D eigenvalue weighted by molar-refractivity contribution is 6.03. The van der Waals surface area contributed by atoms with Crippen molar-refractivity contribution in [2.75, 3.05) is 6.54 Å². The number of aliphatic hydroxyl groups is 1. The van der Waals surface area contributed by atoms with Gasteiger partial charge in [-0.25, -0.2) is 23.1 Å². The van der Waals surface area contributed by atoms with E-state index in [0.29, 0.717) is 6.07 Å². The fourth-order valence-corrected chi connectivity index (χ4v) is 5.42. The molecule has 0 saturated heterocycles. The number of rotatable bonds is 9. The number of pyridine rings is 2. The monoisotopic (exact) mass is 704 g/mol. The summed E-state index contributed by atoms with van der Waals surface area (Å²) in [5, 5.41) is 22.2. The molecule has 0 bridgehead atoms. The van der Waals surface area contributed by atoms with Gasteiger partial charge in [-0.05, 0) is 68.5 Å². The van der Waals surface area contributed by atoms with Gasteiger partial charge in [0.25, 0.3) is 5.92 Å². The third-order valence-corrected chi connectivity index (χ3v) is 7.63. The highest BCUT2D eigenvalue weighted by atomic mass is 19.4. The quantitative estimate of drug-likeness (QED) is 0.0782. The van der Waals surface area contributed by atoms with Crippen molar-refractivity contribution in [2.24, 2.45) is 0 Å². The summed E-state index contributed by atoms with van der Waals surface area (Å²) in [7, 11) is 0. The molecule has 4 aromatic rings. The number of hydrogen-bond donors (Lipinski definition) is 5. The van der Waals surface area contributed by atoms with Crippen LogP contribution in [0.4, 0.5) is 35.1 Å². The smallest absolute Gasteiger partial charge is 0.378 e. The number of halogens is 8. The molecular formula is C34H28F8N6O2. The van der Waals surface area contributed by atoms with E-state index in [1.807, 2.05) is 5.32 Å². The van der Waals surface area contributed by atoms with Gasteiger partial charge in [0.1, 0.15) is 40.1 Å². The first-order valence-electron chi connectivity index (χ1n) is 15.0. The Morgan fingerprint density at radius 1 is 1.10 bits per heavy atom. The van der Waals surface area contributed by atoms with E-state index in [1.165, 1.54) is 44.4 Å². The molecule has 8 nitrogen and oxygen atoms in total. The van der Waals surface area contributed by atoms with Crippen molar-refractivity contribution in [1.82, 2.24) is 25.6 Å². The number of hydrogen-bond acceptors (Lipinski definition) is 6. The molecule has 5 rings (SSSR count). The van der Waals surface area contributed by atoms with E-state index in [-0.39, 0.29) is 39.1 Å². The lowest BCUT2D eigenvalue weighted by molar-refractivity contribution is -0.121. The van der Waals surface area contributed by atoms with Crippen molar-refractivity contribution in [1.29, 1.82) is 5.41 Å². The average molecular weight is 705 g/mol. The van der Waals surface area contributed by atoms with Crippen molar-refractivity contribution < 1.29 is 45.0 Å². The van der Waals surface area contributed by atoms with Crippen molar-refractivity contribution in [2.45, 2.75) is 56.9 Å². The molecule has 1 unspecified atom stereocenters. The molecule has 1 atom stereocenters. The molecule has 5 N–H and O–H groups in total. The first-order valence-corrected chi connectivity index (χ1v) is 15.0. The van der Waals surface area contributed by atoms with Gasteiger partial charge in [-0.1, -0.05) is 5.92 Å². The van der Waals surface area contributed by atoms with Crippen LogP contribution in [0.3, 0.4) is 0 Å². The van der Waals surface area contributed by atoms with Crippen LogP contribution in [0.25, 0.3) is 22.2 Å². The van der Waals surface area contributed by atoms with Crippen LogP contribution in [0.2, 0.25) is 0 Å². The second-order valence-electron chi connectivity index (χ2n) is 12.1. The summed E-state index contributed by atoms with van der Waals surface area (Å²) in [6.07, 6.45) is -4.75. The Hall–Kier alpha value is -5.30. The van der Waals surface area contributed by atoms with Crippen LogP contribution < -0.4 is 10.6 Å². The molecule has 0 fully saturated rings. The molecule has 0 radical (unpaired) electrons. The van der Waals surface area contributed by atoms with E-state index >= 15 is 4.39 Å². The zero-order valence-electron chi connectivity index (χ0n) is 26.3. The number of H-pyrrole nitrogens is 1. The summed E-state index contributed by atoms with van der Waals surface area (Å²) in [6, 6.07) is 5.38. The Kier molecular flexibility index (Phi) is 9.75. The lowest BCUT2D eigenvalue weighted by Crippen LogP contribution is -2.40. The van der Waals surface area contributed by atoms with Gasteiger partial charge in [0.2, 0.25) is 5.91 Å². The minimum absolute atomic E-state index is 0.00730. The lowest BCUT2D eigenvalue weighted by atomic mass is 9.95. The van der Waals surface area contributed by atoms with Crippen LogP contribution in [0.1, 0.15) is 49.7 Å². The van der Waals surface area contributed by atoms with Gasteiger partial charge in [-0.15, -0.1) is 0 Å². The molecule has 3 aromatic heterocycles. The van der Waals surface area contributed by atoms with Crippen molar-refractivity contribution in [3.8, 4) is 23.0 Å². The van der Waals surface area contributed by atoms with Crippen molar-refractivity contribution in [3.05, 3.63) is 94.5 Å². The Bertz CT molecular complexity index is 2050. The summed E-state index contributed by atoms with van der Waals surface area (Å²) in [5.41, 5.74) is -5.59. The first kappa shape index (κ1) is 36.0. The van der Waals surface area contributed by atoms with Crippen LogP contribution in [0.5, 0.6) is 0 Å². The number of fused-ring (bicyclic) bond motifs is 1. The van der Waals surface area contributed by atoms with E-state index < -0.39 is 89.9 Å². The molecule has 1 aliphatic rings. The number of alkyl halides is 5. The number of carbonyl (C=O) groups excluding carboxylic acids is 1. The zero-order chi connectivity index (χ0) is 36.6. The van der Waals surface area contributed by atoms with Crippen LogP contribution in [0, 0.1) is 34.7 Å². The van der Waals surface area contributed by atoms with Gasteiger partial charge in [0.15, 0.2) is 0 Å². The maximum Gasteiger partial charge on any atom is 0.433 e. The molecule has 0 spiro atoms. The largest absolute Gasteiger partial charge is 0.433 e. The second-order valence-corrected chi connectivity index (χ2v) is 12.1. The minimum atomic E-state index is -5.22. The number of benzene rings is 1. The van der Waals surface area contributed by atoms with Gasteiger partial charge in [0, 0.05) is 41.6 Å².